The van der Waals surface area contributed by atoms with Crippen LogP contribution in [0.25, 0.3) is 0 Å². The first-order chi connectivity index (χ1) is 9.64. The molecule has 1 aromatic rings. The fourth-order valence-corrected chi connectivity index (χ4v) is 2.94. The lowest BCUT2D eigenvalue weighted by Gasteiger charge is -2.39. The van der Waals surface area contributed by atoms with Gasteiger partial charge in [0.2, 0.25) is 5.91 Å². The summed E-state index contributed by atoms with van der Waals surface area (Å²) in [6, 6.07) is 9.01. The van der Waals surface area contributed by atoms with Gasteiger partial charge in [-0.05, 0) is 37.8 Å². The van der Waals surface area contributed by atoms with E-state index in [4.69, 9.17) is 0 Å². The molecule has 1 fully saturated rings. The van der Waals surface area contributed by atoms with Crippen LogP contribution in [-0.4, -0.2) is 23.3 Å². The molecule has 0 spiro atoms. The molecule has 3 nitrogen and oxygen atoms in total. The molecule has 1 aliphatic heterocycles. The van der Waals surface area contributed by atoms with Crippen LogP contribution in [0, 0.1) is 5.41 Å². The molecule has 1 saturated heterocycles. The fourth-order valence-electron chi connectivity index (χ4n) is 2.94. The van der Waals surface area contributed by atoms with Gasteiger partial charge in [-0.25, -0.2) is 0 Å². The van der Waals surface area contributed by atoms with Gasteiger partial charge in [-0.15, -0.1) is 6.58 Å². The number of carbonyl (C=O) groups is 2. The van der Waals surface area contributed by atoms with Crippen molar-refractivity contribution in [3.8, 4) is 0 Å². The maximum Gasteiger partial charge on any atom is 0.260 e. The highest BCUT2D eigenvalue weighted by molar-refractivity contribution is 6.06. The zero-order chi connectivity index (χ0) is 14.6. The summed E-state index contributed by atoms with van der Waals surface area (Å²) in [6.45, 7) is 6.29. The molecule has 2 amide bonds. The number of rotatable bonds is 4. The van der Waals surface area contributed by atoms with Gasteiger partial charge in [0.05, 0.1) is 5.41 Å². The normalized spacial score (nSPS) is 22.6. The Morgan fingerprint density at radius 2 is 2.10 bits per heavy atom. The first-order valence-corrected chi connectivity index (χ1v) is 7.17. The number of nitrogens with zero attached hydrogens (tertiary/aromatic N) is 1. The molecule has 0 saturated carbocycles. The van der Waals surface area contributed by atoms with Crippen LogP contribution < -0.4 is 0 Å². The number of amides is 2. The molecule has 0 unspecified atom stereocenters. The van der Waals surface area contributed by atoms with E-state index in [0.717, 1.165) is 19.3 Å². The maximum atomic E-state index is 12.7. The fraction of sp³-hybridized carbons (Fsp3) is 0.412. The highest BCUT2D eigenvalue weighted by Crippen LogP contribution is 2.38. The summed E-state index contributed by atoms with van der Waals surface area (Å²) in [5, 5.41) is 0. The van der Waals surface area contributed by atoms with E-state index in [1.807, 2.05) is 25.1 Å². The van der Waals surface area contributed by atoms with Crippen LogP contribution in [0.2, 0.25) is 0 Å². The van der Waals surface area contributed by atoms with Gasteiger partial charge in [0.1, 0.15) is 0 Å². The molecule has 3 heteroatoms. The standard InChI is InChI=1S/C17H21NO2/c1-3-11-17(4-2)12-8-13-18(16(17)20)15(19)14-9-6-5-7-10-14/h3,5-7,9-10H,1,4,8,11-13H2,2H3/t17-/m1/s1. The van der Waals surface area contributed by atoms with Crippen molar-refractivity contribution in [2.75, 3.05) is 6.54 Å². The topological polar surface area (TPSA) is 37.4 Å². The number of likely N-dealkylation sites (tertiary alicyclic amines) is 1. The number of allylic oxidation sites excluding steroid dienone is 1. The van der Waals surface area contributed by atoms with E-state index in [1.165, 1.54) is 4.90 Å². The molecule has 1 aliphatic rings. The Balaban J connectivity index is 2.26. The Hall–Kier alpha value is -1.90. The summed E-state index contributed by atoms with van der Waals surface area (Å²) < 4.78 is 0. The van der Waals surface area contributed by atoms with Crippen molar-refractivity contribution in [2.45, 2.75) is 32.6 Å². The van der Waals surface area contributed by atoms with Crippen molar-refractivity contribution in [3.05, 3.63) is 48.6 Å². The Kier molecular flexibility index (Phi) is 4.38. The van der Waals surface area contributed by atoms with Crippen molar-refractivity contribution >= 4 is 11.8 Å². The van der Waals surface area contributed by atoms with E-state index in [1.54, 1.807) is 18.2 Å². The van der Waals surface area contributed by atoms with Crippen LogP contribution in [0.3, 0.4) is 0 Å². The Labute approximate surface area is 120 Å². The molecule has 0 N–H and O–H groups in total. The van der Waals surface area contributed by atoms with Gasteiger partial charge in [-0.2, -0.15) is 0 Å². The predicted molar refractivity (Wildman–Crippen MR) is 79.3 cm³/mol. The number of carbonyl (C=O) groups excluding carboxylic acids is 2. The number of imide groups is 1. The highest BCUT2D eigenvalue weighted by Gasteiger charge is 2.43. The van der Waals surface area contributed by atoms with Gasteiger partial charge in [-0.3, -0.25) is 14.5 Å². The highest BCUT2D eigenvalue weighted by atomic mass is 16.2. The summed E-state index contributed by atoms with van der Waals surface area (Å²) in [5.74, 6) is -0.225. The molecule has 1 atom stereocenters. The number of benzene rings is 1. The van der Waals surface area contributed by atoms with E-state index in [2.05, 4.69) is 6.58 Å². The minimum Gasteiger partial charge on any atom is -0.278 e. The van der Waals surface area contributed by atoms with E-state index in [0.29, 0.717) is 18.5 Å². The van der Waals surface area contributed by atoms with Crippen LogP contribution in [-0.2, 0) is 4.79 Å². The molecule has 1 heterocycles. The quantitative estimate of drug-likeness (QED) is 0.621. The van der Waals surface area contributed by atoms with E-state index >= 15 is 0 Å². The smallest absolute Gasteiger partial charge is 0.260 e. The van der Waals surface area contributed by atoms with Gasteiger partial charge >= 0.3 is 0 Å². The second kappa shape index (κ2) is 6.04. The lowest BCUT2D eigenvalue weighted by Crippen LogP contribution is -2.50. The molecule has 1 aromatic carbocycles. The van der Waals surface area contributed by atoms with Crippen molar-refractivity contribution in [1.82, 2.24) is 4.90 Å². The van der Waals surface area contributed by atoms with Crippen molar-refractivity contribution < 1.29 is 9.59 Å². The summed E-state index contributed by atoms with van der Waals surface area (Å²) in [7, 11) is 0. The first kappa shape index (κ1) is 14.5. The zero-order valence-corrected chi connectivity index (χ0v) is 12.0. The molecular formula is C17H21NO2. The van der Waals surface area contributed by atoms with Crippen LogP contribution in [0.5, 0.6) is 0 Å². The molecule has 0 aliphatic carbocycles. The van der Waals surface area contributed by atoms with Gasteiger partial charge in [0.25, 0.3) is 5.91 Å². The largest absolute Gasteiger partial charge is 0.278 e. The van der Waals surface area contributed by atoms with Crippen LogP contribution in [0.1, 0.15) is 43.0 Å². The number of piperidine rings is 1. The summed E-state index contributed by atoms with van der Waals surface area (Å²) in [5.41, 5.74) is 0.135. The molecule has 20 heavy (non-hydrogen) atoms. The Bertz CT molecular complexity index is 509. The third-order valence-electron chi connectivity index (χ3n) is 4.21. The van der Waals surface area contributed by atoms with Gasteiger partial charge in [0.15, 0.2) is 0 Å². The minimum atomic E-state index is -0.440. The van der Waals surface area contributed by atoms with Crippen LogP contribution >= 0.6 is 0 Å². The molecule has 0 aromatic heterocycles. The Morgan fingerprint density at radius 1 is 1.40 bits per heavy atom. The van der Waals surface area contributed by atoms with Gasteiger partial charge in [0, 0.05) is 12.1 Å². The van der Waals surface area contributed by atoms with Crippen molar-refractivity contribution in [1.29, 1.82) is 0 Å². The first-order valence-electron chi connectivity index (χ1n) is 7.17. The average Bonchev–Trinajstić information content (AvgIpc) is 2.50. The third kappa shape index (κ3) is 2.53. The van der Waals surface area contributed by atoms with Crippen molar-refractivity contribution in [2.24, 2.45) is 5.41 Å². The van der Waals surface area contributed by atoms with Gasteiger partial charge < -0.3 is 0 Å². The SMILES string of the molecule is C=CC[C@]1(CC)CCCN(C(=O)c2ccccc2)C1=O. The molecule has 0 radical (unpaired) electrons. The average molecular weight is 271 g/mol. The Morgan fingerprint density at radius 3 is 2.70 bits per heavy atom. The predicted octanol–water partition coefficient (Wildman–Crippen LogP) is 3.42. The van der Waals surface area contributed by atoms with Gasteiger partial charge in [-0.1, -0.05) is 31.2 Å². The van der Waals surface area contributed by atoms with E-state index in [9.17, 15) is 9.59 Å². The molecular weight excluding hydrogens is 250 g/mol. The molecule has 2 rings (SSSR count). The third-order valence-corrected chi connectivity index (χ3v) is 4.21. The lowest BCUT2D eigenvalue weighted by molar-refractivity contribution is -0.143. The van der Waals surface area contributed by atoms with Crippen LogP contribution in [0.15, 0.2) is 43.0 Å². The lowest BCUT2D eigenvalue weighted by atomic mass is 9.74. The van der Waals surface area contributed by atoms with Crippen LogP contribution in [0.4, 0.5) is 0 Å². The summed E-state index contributed by atoms with van der Waals surface area (Å²) in [6.07, 6.45) is 4.88. The zero-order valence-electron chi connectivity index (χ0n) is 12.0. The maximum absolute atomic E-state index is 12.7. The number of hydrogen-bond acceptors (Lipinski definition) is 2. The van der Waals surface area contributed by atoms with Crippen molar-refractivity contribution in [3.63, 3.8) is 0 Å². The summed E-state index contributed by atoms with van der Waals surface area (Å²) in [4.78, 5) is 26.7. The second-order valence-electron chi connectivity index (χ2n) is 5.36. The molecule has 0 bridgehead atoms. The van der Waals surface area contributed by atoms with E-state index < -0.39 is 5.41 Å². The minimum absolute atomic E-state index is 0.0417. The van der Waals surface area contributed by atoms with E-state index in [-0.39, 0.29) is 11.8 Å². The number of hydrogen-bond donors (Lipinski definition) is 0. The monoisotopic (exact) mass is 271 g/mol. The summed E-state index contributed by atoms with van der Waals surface area (Å²) >= 11 is 0. The second-order valence-corrected chi connectivity index (χ2v) is 5.36. The molecule has 106 valence electrons.